The number of ether oxygens (including phenoxy) is 1. The maximum Gasteiger partial charge on any atom is 0.242 e. The van der Waals surface area contributed by atoms with Gasteiger partial charge in [-0.25, -0.2) is 4.99 Å². The average Bonchev–Trinajstić information content (AvgIpc) is 2.63. The molecule has 1 aromatic rings. The summed E-state index contributed by atoms with van der Waals surface area (Å²) in [5, 5.41) is 3.28. The van der Waals surface area contributed by atoms with Crippen molar-refractivity contribution < 1.29 is 9.53 Å². The first-order valence-corrected chi connectivity index (χ1v) is 10.1. The quantitative estimate of drug-likeness (QED) is 0.533. The van der Waals surface area contributed by atoms with Gasteiger partial charge >= 0.3 is 0 Å². The maximum atomic E-state index is 12.4. The van der Waals surface area contributed by atoms with Gasteiger partial charge in [-0.2, -0.15) is 0 Å². The first-order chi connectivity index (χ1) is 13.1. The zero-order valence-electron chi connectivity index (χ0n) is 17.2. The molecule has 0 spiro atoms. The Kier molecular flexibility index (Phi) is 8.43. The lowest BCUT2D eigenvalue weighted by Crippen LogP contribution is -2.45. The molecule has 27 heavy (non-hydrogen) atoms. The van der Waals surface area contributed by atoms with Gasteiger partial charge in [0.25, 0.3) is 0 Å². The minimum Gasteiger partial charge on any atom is -0.490 e. The van der Waals surface area contributed by atoms with E-state index in [2.05, 4.69) is 11.4 Å². The van der Waals surface area contributed by atoms with Crippen LogP contribution in [-0.2, 0) is 11.3 Å². The molecule has 1 aliphatic rings. The van der Waals surface area contributed by atoms with Crippen LogP contribution in [0.2, 0.25) is 0 Å². The van der Waals surface area contributed by atoms with E-state index >= 15 is 0 Å². The van der Waals surface area contributed by atoms with Crippen LogP contribution in [0.4, 0.5) is 0 Å². The third-order valence-electron chi connectivity index (χ3n) is 4.90. The first-order valence-electron chi connectivity index (χ1n) is 10.1. The number of carbonyl (C=O) groups is 1. The Labute approximate surface area is 163 Å². The van der Waals surface area contributed by atoms with Crippen LogP contribution in [0.3, 0.4) is 0 Å². The third-order valence-corrected chi connectivity index (χ3v) is 4.90. The molecular formula is C21H34N4O2. The zero-order chi connectivity index (χ0) is 19.6. The second-order valence-corrected chi connectivity index (χ2v) is 6.87. The van der Waals surface area contributed by atoms with E-state index in [0.29, 0.717) is 19.2 Å². The van der Waals surface area contributed by atoms with Crippen molar-refractivity contribution in [3.63, 3.8) is 0 Å². The summed E-state index contributed by atoms with van der Waals surface area (Å²) >= 11 is 0. The van der Waals surface area contributed by atoms with E-state index in [1.165, 1.54) is 6.42 Å². The molecule has 0 unspecified atom stereocenters. The van der Waals surface area contributed by atoms with E-state index in [-0.39, 0.29) is 5.91 Å². The van der Waals surface area contributed by atoms with Crippen molar-refractivity contribution in [1.29, 1.82) is 0 Å². The Morgan fingerprint density at radius 1 is 1.22 bits per heavy atom. The summed E-state index contributed by atoms with van der Waals surface area (Å²) in [6, 6.07) is 8.09. The number of nitrogens with zero attached hydrogens (tertiary/aromatic N) is 3. The van der Waals surface area contributed by atoms with Gasteiger partial charge in [-0.05, 0) is 46.1 Å². The average molecular weight is 375 g/mol. The predicted octanol–water partition coefficient (Wildman–Crippen LogP) is 2.88. The molecule has 0 radical (unpaired) electrons. The van der Waals surface area contributed by atoms with E-state index in [1.807, 2.05) is 55.8 Å². The van der Waals surface area contributed by atoms with Crippen molar-refractivity contribution in [3.8, 4) is 5.75 Å². The number of rotatable bonds is 9. The van der Waals surface area contributed by atoms with Crippen LogP contribution >= 0.6 is 0 Å². The van der Waals surface area contributed by atoms with Crippen LogP contribution in [-0.4, -0.2) is 61.0 Å². The molecule has 150 valence electrons. The topological polar surface area (TPSA) is 57.2 Å². The monoisotopic (exact) mass is 374 g/mol. The number of likely N-dealkylation sites (N-methyl/N-ethyl adjacent to an activating group) is 2. The number of benzene rings is 1. The van der Waals surface area contributed by atoms with Crippen molar-refractivity contribution in [1.82, 2.24) is 15.1 Å². The SMILES string of the molecule is CCNC(=NCc1ccccc1OC1CCC1)N(C)CC(=O)N(CC)CC. The molecule has 1 aliphatic carbocycles. The summed E-state index contributed by atoms with van der Waals surface area (Å²) in [6.07, 6.45) is 3.87. The highest BCUT2D eigenvalue weighted by Crippen LogP contribution is 2.27. The van der Waals surface area contributed by atoms with E-state index in [4.69, 9.17) is 9.73 Å². The highest BCUT2D eigenvalue weighted by molar-refractivity contribution is 5.86. The van der Waals surface area contributed by atoms with Gasteiger partial charge in [0.2, 0.25) is 5.91 Å². The number of carbonyl (C=O) groups excluding carboxylic acids is 1. The minimum atomic E-state index is 0.113. The number of guanidine groups is 1. The van der Waals surface area contributed by atoms with Gasteiger partial charge in [-0.3, -0.25) is 4.79 Å². The predicted molar refractivity (Wildman–Crippen MR) is 110 cm³/mol. The molecule has 6 heteroatoms. The molecule has 1 N–H and O–H groups in total. The molecule has 1 aromatic carbocycles. The standard InChI is InChI=1S/C21H34N4O2/c1-5-22-21(24(4)16-20(26)25(6-2)7-3)23-15-17-11-8-9-14-19(17)27-18-12-10-13-18/h8-9,11,14,18H,5-7,10,12-13,15-16H2,1-4H3,(H,22,23). The van der Waals surface area contributed by atoms with E-state index < -0.39 is 0 Å². The molecule has 1 amide bonds. The van der Waals surface area contributed by atoms with Crippen molar-refractivity contribution in [2.45, 2.75) is 52.7 Å². The molecule has 0 saturated heterocycles. The van der Waals surface area contributed by atoms with Gasteiger partial charge in [0.1, 0.15) is 5.75 Å². The zero-order valence-corrected chi connectivity index (χ0v) is 17.2. The van der Waals surface area contributed by atoms with Crippen molar-refractivity contribution >= 4 is 11.9 Å². The number of hydrogen-bond acceptors (Lipinski definition) is 3. The molecule has 0 aromatic heterocycles. The van der Waals surface area contributed by atoms with Crippen molar-refractivity contribution in [3.05, 3.63) is 29.8 Å². The fourth-order valence-electron chi connectivity index (χ4n) is 3.00. The van der Waals surface area contributed by atoms with Gasteiger partial charge in [0.15, 0.2) is 5.96 Å². The second-order valence-electron chi connectivity index (χ2n) is 6.87. The van der Waals surface area contributed by atoms with Crippen LogP contribution < -0.4 is 10.1 Å². The molecule has 1 saturated carbocycles. The Morgan fingerprint density at radius 3 is 2.52 bits per heavy atom. The summed E-state index contributed by atoms with van der Waals surface area (Å²) in [5.74, 6) is 1.77. The number of hydrogen-bond donors (Lipinski definition) is 1. The molecule has 0 bridgehead atoms. The largest absolute Gasteiger partial charge is 0.490 e. The van der Waals surface area contributed by atoms with Crippen LogP contribution in [0.15, 0.2) is 29.3 Å². The molecule has 0 heterocycles. The van der Waals surface area contributed by atoms with Gasteiger partial charge in [-0.1, -0.05) is 18.2 Å². The Bertz CT molecular complexity index is 624. The molecular weight excluding hydrogens is 340 g/mol. The van der Waals surface area contributed by atoms with E-state index in [9.17, 15) is 4.79 Å². The van der Waals surface area contributed by atoms with Crippen LogP contribution in [0.1, 0.15) is 45.6 Å². The van der Waals surface area contributed by atoms with Crippen molar-refractivity contribution in [2.75, 3.05) is 33.2 Å². The number of para-hydroxylation sites is 1. The number of nitrogens with one attached hydrogen (secondary N) is 1. The van der Waals surface area contributed by atoms with Crippen LogP contribution in [0, 0.1) is 0 Å². The van der Waals surface area contributed by atoms with Crippen LogP contribution in [0.5, 0.6) is 5.75 Å². The molecule has 0 atom stereocenters. The highest BCUT2D eigenvalue weighted by Gasteiger charge is 2.20. The van der Waals surface area contributed by atoms with Crippen molar-refractivity contribution in [2.24, 2.45) is 4.99 Å². The summed E-state index contributed by atoms with van der Waals surface area (Å²) < 4.78 is 6.10. The highest BCUT2D eigenvalue weighted by atomic mass is 16.5. The lowest BCUT2D eigenvalue weighted by molar-refractivity contribution is -0.131. The lowest BCUT2D eigenvalue weighted by atomic mass is 9.96. The minimum absolute atomic E-state index is 0.113. The molecule has 2 rings (SSSR count). The lowest BCUT2D eigenvalue weighted by Gasteiger charge is -2.27. The maximum absolute atomic E-state index is 12.4. The summed E-state index contributed by atoms with van der Waals surface area (Å²) in [4.78, 5) is 20.9. The van der Waals surface area contributed by atoms with Gasteiger partial charge < -0.3 is 19.9 Å². The van der Waals surface area contributed by atoms with E-state index in [0.717, 1.165) is 49.7 Å². The number of amides is 1. The number of aliphatic imine (C=N–C) groups is 1. The smallest absolute Gasteiger partial charge is 0.242 e. The first kappa shape index (κ1) is 21.1. The molecule has 0 aliphatic heterocycles. The third kappa shape index (κ3) is 6.15. The Balaban J connectivity index is 2.05. The normalized spacial score (nSPS) is 14.4. The fraction of sp³-hybridized carbons (Fsp3) is 0.619. The summed E-state index contributed by atoms with van der Waals surface area (Å²) in [5.41, 5.74) is 1.07. The van der Waals surface area contributed by atoms with Crippen LogP contribution in [0.25, 0.3) is 0 Å². The van der Waals surface area contributed by atoms with Gasteiger partial charge in [0.05, 0.1) is 19.2 Å². The summed E-state index contributed by atoms with van der Waals surface area (Å²) in [6.45, 7) is 9.07. The second kappa shape index (κ2) is 10.8. The molecule has 6 nitrogen and oxygen atoms in total. The van der Waals surface area contributed by atoms with E-state index in [1.54, 1.807) is 0 Å². The van der Waals surface area contributed by atoms with Gasteiger partial charge in [-0.15, -0.1) is 0 Å². The molecule has 1 fully saturated rings. The summed E-state index contributed by atoms with van der Waals surface area (Å²) in [7, 11) is 1.90. The Hall–Kier alpha value is -2.24. The Morgan fingerprint density at radius 2 is 1.93 bits per heavy atom. The van der Waals surface area contributed by atoms with Gasteiger partial charge in [0, 0.05) is 32.2 Å². The fourth-order valence-corrected chi connectivity index (χ4v) is 3.00.